The standard InChI is InChI=1S/C16H12N2S/c19-16-13(11-17-14-7-2-1-3-8-14)10-12-6-4-5-9-15(12)18-16/h1-11H,(H,18,19). The van der Waals surface area contributed by atoms with Crippen molar-refractivity contribution in [2.24, 2.45) is 4.99 Å². The third-order valence-corrected chi connectivity index (χ3v) is 3.23. The Balaban J connectivity index is 2.04. The molecule has 0 radical (unpaired) electrons. The first-order valence-electron chi connectivity index (χ1n) is 6.04. The highest BCUT2D eigenvalue weighted by Crippen LogP contribution is 2.15. The van der Waals surface area contributed by atoms with Gasteiger partial charge < -0.3 is 4.98 Å². The molecule has 0 unspecified atom stereocenters. The Kier molecular flexibility index (Phi) is 3.21. The van der Waals surface area contributed by atoms with Crippen LogP contribution in [-0.4, -0.2) is 11.2 Å². The molecule has 3 heteroatoms. The van der Waals surface area contributed by atoms with Crippen LogP contribution in [0.2, 0.25) is 0 Å². The fourth-order valence-corrected chi connectivity index (χ4v) is 2.14. The maximum atomic E-state index is 5.35. The van der Waals surface area contributed by atoms with Crippen LogP contribution in [-0.2, 0) is 0 Å². The first-order valence-corrected chi connectivity index (χ1v) is 6.45. The topological polar surface area (TPSA) is 28.1 Å². The summed E-state index contributed by atoms with van der Waals surface area (Å²) in [5.74, 6) is 0. The van der Waals surface area contributed by atoms with E-state index in [1.165, 1.54) is 0 Å². The van der Waals surface area contributed by atoms with E-state index in [4.69, 9.17) is 12.2 Å². The Morgan fingerprint density at radius 2 is 1.68 bits per heavy atom. The van der Waals surface area contributed by atoms with Gasteiger partial charge in [0, 0.05) is 17.3 Å². The van der Waals surface area contributed by atoms with Crippen molar-refractivity contribution in [1.82, 2.24) is 4.98 Å². The molecule has 0 aliphatic carbocycles. The average Bonchev–Trinajstić information content (AvgIpc) is 2.46. The van der Waals surface area contributed by atoms with Gasteiger partial charge in [-0.25, -0.2) is 0 Å². The molecule has 0 aliphatic heterocycles. The maximum absolute atomic E-state index is 5.35. The fourth-order valence-electron chi connectivity index (χ4n) is 1.92. The van der Waals surface area contributed by atoms with E-state index in [1.54, 1.807) is 6.21 Å². The lowest BCUT2D eigenvalue weighted by Gasteiger charge is -2.00. The van der Waals surface area contributed by atoms with Crippen molar-refractivity contribution < 1.29 is 0 Å². The second-order valence-corrected chi connectivity index (χ2v) is 4.64. The van der Waals surface area contributed by atoms with E-state index in [0.29, 0.717) is 4.64 Å². The minimum absolute atomic E-state index is 0.707. The van der Waals surface area contributed by atoms with E-state index in [0.717, 1.165) is 22.2 Å². The molecule has 19 heavy (non-hydrogen) atoms. The first kappa shape index (κ1) is 11.8. The van der Waals surface area contributed by atoms with Crippen LogP contribution in [0.4, 0.5) is 5.69 Å². The van der Waals surface area contributed by atoms with Crippen molar-refractivity contribution >= 4 is 35.0 Å². The predicted octanol–water partition coefficient (Wildman–Crippen LogP) is 4.65. The van der Waals surface area contributed by atoms with Crippen LogP contribution < -0.4 is 0 Å². The van der Waals surface area contributed by atoms with E-state index in [1.807, 2.05) is 48.5 Å². The number of benzene rings is 2. The molecule has 0 saturated heterocycles. The number of H-pyrrole nitrogens is 1. The van der Waals surface area contributed by atoms with Gasteiger partial charge in [-0.3, -0.25) is 4.99 Å². The normalized spacial score (nSPS) is 11.2. The molecule has 92 valence electrons. The first-order chi connectivity index (χ1) is 9.33. The third kappa shape index (κ3) is 2.61. The number of nitrogens with one attached hydrogen (secondary N) is 1. The average molecular weight is 264 g/mol. The number of para-hydroxylation sites is 2. The summed E-state index contributed by atoms with van der Waals surface area (Å²) in [5.41, 5.74) is 2.90. The van der Waals surface area contributed by atoms with Crippen LogP contribution >= 0.6 is 12.2 Å². The molecule has 1 N–H and O–H groups in total. The zero-order valence-corrected chi connectivity index (χ0v) is 11.0. The molecule has 0 aliphatic rings. The molecule has 0 atom stereocenters. The quantitative estimate of drug-likeness (QED) is 0.529. The van der Waals surface area contributed by atoms with Crippen LogP contribution in [0.5, 0.6) is 0 Å². The van der Waals surface area contributed by atoms with Gasteiger partial charge in [0.25, 0.3) is 0 Å². The second kappa shape index (κ2) is 5.16. The summed E-state index contributed by atoms with van der Waals surface area (Å²) >= 11 is 5.35. The molecule has 3 aromatic rings. The van der Waals surface area contributed by atoms with E-state index < -0.39 is 0 Å². The van der Waals surface area contributed by atoms with Crippen LogP contribution in [0.15, 0.2) is 65.7 Å². The number of hydrogen-bond acceptors (Lipinski definition) is 2. The number of rotatable bonds is 2. The summed E-state index contributed by atoms with van der Waals surface area (Å²) in [4.78, 5) is 7.65. The summed E-state index contributed by atoms with van der Waals surface area (Å²) in [7, 11) is 0. The molecule has 1 aromatic heterocycles. The Labute approximate surface area is 116 Å². The molecular weight excluding hydrogens is 252 g/mol. The molecule has 3 rings (SSSR count). The lowest BCUT2D eigenvalue weighted by atomic mass is 10.2. The molecule has 0 spiro atoms. The summed E-state index contributed by atoms with van der Waals surface area (Å²) in [6, 6.07) is 20.0. The SMILES string of the molecule is S=c1[nH]c2ccccc2cc1C=Nc1ccccc1. The van der Waals surface area contributed by atoms with Crippen LogP contribution in [0.25, 0.3) is 10.9 Å². The van der Waals surface area contributed by atoms with Crippen LogP contribution in [0, 0.1) is 4.64 Å². The highest BCUT2D eigenvalue weighted by Gasteiger charge is 1.97. The van der Waals surface area contributed by atoms with Gasteiger partial charge in [-0.1, -0.05) is 48.6 Å². The Morgan fingerprint density at radius 3 is 2.53 bits per heavy atom. The molecule has 0 saturated carbocycles. The van der Waals surface area contributed by atoms with E-state index in [2.05, 4.69) is 22.1 Å². The van der Waals surface area contributed by atoms with Crippen LogP contribution in [0.1, 0.15) is 5.56 Å². The molecule has 2 aromatic carbocycles. The molecule has 1 heterocycles. The summed E-state index contributed by atoms with van der Waals surface area (Å²) in [5, 5.41) is 1.13. The van der Waals surface area contributed by atoms with Gasteiger partial charge in [0.15, 0.2) is 0 Å². The molecular formula is C16H12N2S. The predicted molar refractivity (Wildman–Crippen MR) is 82.8 cm³/mol. The summed E-state index contributed by atoms with van der Waals surface area (Å²) in [6.07, 6.45) is 1.81. The lowest BCUT2D eigenvalue weighted by Crippen LogP contribution is -1.88. The minimum Gasteiger partial charge on any atom is -0.346 e. The molecule has 0 bridgehead atoms. The molecule has 0 amide bonds. The van der Waals surface area contributed by atoms with Gasteiger partial charge >= 0.3 is 0 Å². The smallest absolute Gasteiger partial charge is 0.112 e. The van der Waals surface area contributed by atoms with Gasteiger partial charge in [-0.2, -0.15) is 0 Å². The number of aliphatic imine (C=N–C) groups is 1. The van der Waals surface area contributed by atoms with Crippen molar-refractivity contribution in [1.29, 1.82) is 0 Å². The van der Waals surface area contributed by atoms with E-state index in [9.17, 15) is 0 Å². The number of fused-ring (bicyclic) bond motifs is 1. The van der Waals surface area contributed by atoms with Crippen molar-refractivity contribution in [3.05, 3.63) is 70.9 Å². The third-order valence-electron chi connectivity index (χ3n) is 2.89. The van der Waals surface area contributed by atoms with E-state index >= 15 is 0 Å². The van der Waals surface area contributed by atoms with Crippen LogP contribution in [0.3, 0.4) is 0 Å². The fraction of sp³-hybridized carbons (Fsp3) is 0. The lowest BCUT2D eigenvalue weighted by molar-refractivity contribution is 1.36. The van der Waals surface area contributed by atoms with Gasteiger partial charge in [0.05, 0.1) is 5.69 Å². The summed E-state index contributed by atoms with van der Waals surface area (Å²) in [6.45, 7) is 0. The maximum Gasteiger partial charge on any atom is 0.112 e. The van der Waals surface area contributed by atoms with Gasteiger partial charge in [0.1, 0.15) is 4.64 Å². The Bertz CT molecular complexity index is 788. The van der Waals surface area contributed by atoms with Gasteiger partial charge in [-0.05, 0) is 29.7 Å². The highest BCUT2D eigenvalue weighted by atomic mass is 32.1. The van der Waals surface area contributed by atoms with E-state index in [-0.39, 0.29) is 0 Å². The van der Waals surface area contributed by atoms with Gasteiger partial charge in [0.2, 0.25) is 0 Å². The minimum atomic E-state index is 0.707. The number of aromatic nitrogens is 1. The van der Waals surface area contributed by atoms with Gasteiger partial charge in [-0.15, -0.1) is 0 Å². The Hall–Kier alpha value is -2.26. The molecule has 0 fully saturated rings. The van der Waals surface area contributed by atoms with Crippen molar-refractivity contribution in [3.8, 4) is 0 Å². The van der Waals surface area contributed by atoms with Crippen molar-refractivity contribution in [2.75, 3.05) is 0 Å². The number of pyridine rings is 1. The second-order valence-electron chi connectivity index (χ2n) is 4.23. The summed E-state index contributed by atoms with van der Waals surface area (Å²) < 4.78 is 0.707. The number of nitrogens with zero attached hydrogens (tertiary/aromatic N) is 1. The zero-order valence-electron chi connectivity index (χ0n) is 10.2. The monoisotopic (exact) mass is 264 g/mol. The highest BCUT2D eigenvalue weighted by molar-refractivity contribution is 7.71. The van der Waals surface area contributed by atoms with Crippen molar-refractivity contribution in [3.63, 3.8) is 0 Å². The number of hydrogen-bond donors (Lipinski definition) is 1. The number of aromatic amines is 1. The molecule has 2 nitrogen and oxygen atoms in total. The van der Waals surface area contributed by atoms with Crippen molar-refractivity contribution in [2.45, 2.75) is 0 Å². The largest absolute Gasteiger partial charge is 0.346 e. The zero-order chi connectivity index (χ0) is 13.1. The Morgan fingerprint density at radius 1 is 0.947 bits per heavy atom.